The molecule has 3 rings (SSSR count). The predicted molar refractivity (Wildman–Crippen MR) is 119 cm³/mol. The minimum Gasteiger partial charge on any atom is -0.454 e. The maximum absolute atomic E-state index is 12.8. The monoisotopic (exact) mass is 441 g/mol. The van der Waals surface area contributed by atoms with E-state index >= 15 is 0 Å². The lowest BCUT2D eigenvalue weighted by Gasteiger charge is -2.18. The number of hydrogen-bond donors (Lipinski definition) is 3. The van der Waals surface area contributed by atoms with Crippen LogP contribution in [0.2, 0.25) is 5.02 Å². The van der Waals surface area contributed by atoms with Gasteiger partial charge in [-0.05, 0) is 30.2 Å². The Kier molecular flexibility index (Phi) is 7.67. The van der Waals surface area contributed by atoms with Crippen molar-refractivity contribution in [2.75, 3.05) is 13.2 Å². The molecule has 0 aliphatic heterocycles. The first-order valence-electron chi connectivity index (χ1n) is 10.0. The summed E-state index contributed by atoms with van der Waals surface area (Å²) in [7, 11) is 0. The summed E-state index contributed by atoms with van der Waals surface area (Å²) in [4.78, 5) is 40.5. The molecule has 1 heterocycles. The van der Waals surface area contributed by atoms with Crippen molar-refractivity contribution in [2.45, 2.75) is 25.8 Å². The fourth-order valence-electron chi connectivity index (χ4n) is 3.15. The Balaban J connectivity index is 1.77. The molecule has 0 radical (unpaired) electrons. The third-order valence-corrected chi connectivity index (χ3v) is 5.05. The van der Waals surface area contributed by atoms with Crippen LogP contribution in [0.5, 0.6) is 0 Å². The van der Waals surface area contributed by atoms with Crippen molar-refractivity contribution in [3.8, 4) is 0 Å². The second kappa shape index (κ2) is 10.6. The lowest BCUT2D eigenvalue weighted by Crippen LogP contribution is -2.44. The van der Waals surface area contributed by atoms with Gasteiger partial charge < -0.3 is 20.4 Å². The van der Waals surface area contributed by atoms with Crippen molar-refractivity contribution in [3.05, 3.63) is 70.9 Å². The molecule has 7 nitrogen and oxygen atoms in total. The number of esters is 1. The molecule has 0 spiro atoms. The Labute approximate surface area is 185 Å². The van der Waals surface area contributed by atoms with Crippen LogP contribution < -0.4 is 10.6 Å². The van der Waals surface area contributed by atoms with Crippen molar-refractivity contribution in [2.24, 2.45) is 0 Å². The topological polar surface area (TPSA) is 100 Å². The van der Waals surface area contributed by atoms with Gasteiger partial charge in [-0.15, -0.1) is 0 Å². The third-order valence-electron chi connectivity index (χ3n) is 4.72. The van der Waals surface area contributed by atoms with E-state index in [9.17, 15) is 14.4 Å². The molecular weight excluding hydrogens is 418 g/mol. The van der Waals surface area contributed by atoms with E-state index in [0.717, 1.165) is 22.9 Å². The molecular formula is C23H24ClN3O4. The lowest BCUT2D eigenvalue weighted by atomic mass is 10.0. The Bertz CT molecular complexity index is 1080. The number of carbonyl (C=O) groups is 3. The molecule has 0 bridgehead atoms. The number of hydrogen-bond acceptors (Lipinski definition) is 4. The number of H-pyrrole nitrogens is 1. The second-order valence-corrected chi connectivity index (χ2v) is 7.43. The summed E-state index contributed by atoms with van der Waals surface area (Å²) in [6, 6.07) is 13.2. The molecule has 31 heavy (non-hydrogen) atoms. The molecule has 0 fully saturated rings. The maximum Gasteiger partial charge on any atom is 0.329 e. The van der Waals surface area contributed by atoms with Crippen molar-refractivity contribution in [3.63, 3.8) is 0 Å². The highest BCUT2D eigenvalue weighted by molar-refractivity contribution is 6.33. The molecule has 3 aromatic rings. The summed E-state index contributed by atoms with van der Waals surface area (Å²) in [5, 5.41) is 6.56. The first-order chi connectivity index (χ1) is 15.0. The highest BCUT2D eigenvalue weighted by Gasteiger charge is 2.26. The van der Waals surface area contributed by atoms with E-state index in [1.54, 1.807) is 30.5 Å². The Morgan fingerprint density at radius 3 is 2.61 bits per heavy atom. The van der Waals surface area contributed by atoms with Gasteiger partial charge in [0, 0.05) is 30.1 Å². The number of rotatable bonds is 9. The van der Waals surface area contributed by atoms with Crippen LogP contribution in [0.3, 0.4) is 0 Å². The maximum atomic E-state index is 12.8. The number of fused-ring (bicyclic) bond motifs is 1. The molecule has 1 atom stereocenters. The summed E-state index contributed by atoms with van der Waals surface area (Å²) in [5.41, 5.74) is 2.01. The van der Waals surface area contributed by atoms with Crippen molar-refractivity contribution < 1.29 is 19.1 Å². The van der Waals surface area contributed by atoms with Crippen LogP contribution in [-0.4, -0.2) is 42.0 Å². The van der Waals surface area contributed by atoms with Crippen LogP contribution in [-0.2, 0) is 20.7 Å². The van der Waals surface area contributed by atoms with Gasteiger partial charge in [0.05, 0.1) is 10.6 Å². The van der Waals surface area contributed by atoms with Gasteiger partial charge in [-0.25, -0.2) is 4.79 Å². The number of aromatic amines is 1. The molecule has 0 saturated carbocycles. The molecule has 162 valence electrons. The number of aromatic nitrogens is 1. The van der Waals surface area contributed by atoms with Gasteiger partial charge in [-0.1, -0.05) is 48.9 Å². The molecule has 1 unspecified atom stereocenters. The number of carbonyl (C=O) groups excluding carboxylic acids is 3. The largest absolute Gasteiger partial charge is 0.454 e. The fourth-order valence-corrected chi connectivity index (χ4v) is 3.37. The smallest absolute Gasteiger partial charge is 0.329 e. The first kappa shape index (κ1) is 22.4. The van der Waals surface area contributed by atoms with Crippen molar-refractivity contribution in [1.29, 1.82) is 0 Å². The normalized spacial score (nSPS) is 11.7. The van der Waals surface area contributed by atoms with E-state index in [1.165, 1.54) is 0 Å². The van der Waals surface area contributed by atoms with Crippen LogP contribution >= 0.6 is 11.6 Å². The van der Waals surface area contributed by atoms with Crippen LogP contribution in [0.25, 0.3) is 10.9 Å². The van der Waals surface area contributed by atoms with E-state index in [2.05, 4.69) is 15.6 Å². The molecule has 0 saturated heterocycles. The number of benzene rings is 2. The highest BCUT2D eigenvalue weighted by atomic mass is 35.5. The highest BCUT2D eigenvalue weighted by Crippen LogP contribution is 2.20. The SMILES string of the molecule is CCCNC(=O)COC(=O)C(Cc1c[nH]c2ccccc12)NC(=O)c1ccccc1Cl. The van der Waals surface area contributed by atoms with Crippen LogP contribution in [0.15, 0.2) is 54.7 Å². The fraction of sp³-hybridized carbons (Fsp3) is 0.261. The Morgan fingerprint density at radius 2 is 1.84 bits per heavy atom. The Hall–Kier alpha value is -3.32. The minimum absolute atomic E-state index is 0.190. The quantitative estimate of drug-likeness (QED) is 0.444. The molecule has 0 aliphatic carbocycles. The van der Waals surface area contributed by atoms with Gasteiger partial charge >= 0.3 is 5.97 Å². The van der Waals surface area contributed by atoms with Gasteiger partial charge in [0.25, 0.3) is 11.8 Å². The van der Waals surface area contributed by atoms with Gasteiger partial charge in [-0.3, -0.25) is 9.59 Å². The van der Waals surface area contributed by atoms with Crippen molar-refractivity contribution >= 4 is 40.3 Å². The van der Waals surface area contributed by atoms with Crippen molar-refractivity contribution in [1.82, 2.24) is 15.6 Å². The number of nitrogens with one attached hydrogen (secondary N) is 3. The van der Waals surface area contributed by atoms with Gasteiger partial charge in [0.15, 0.2) is 6.61 Å². The van der Waals surface area contributed by atoms with Gasteiger partial charge in [0.1, 0.15) is 6.04 Å². The van der Waals surface area contributed by atoms with Crippen LogP contribution in [0.4, 0.5) is 0 Å². The average molecular weight is 442 g/mol. The molecule has 0 aliphatic rings. The summed E-state index contributed by atoms with van der Waals surface area (Å²) in [6.07, 6.45) is 2.76. The number of halogens is 1. The van der Waals surface area contributed by atoms with E-state index in [0.29, 0.717) is 6.54 Å². The predicted octanol–water partition coefficient (Wildman–Crippen LogP) is 3.23. The van der Waals surface area contributed by atoms with E-state index in [4.69, 9.17) is 16.3 Å². The molecule has 1 aromatic heterocycles. The third kappa shape index (κ3) is 5.86. The van der Waals surface area contributed by atoms with E-state index in [-0.39, 0.29) is 17.0 Å². The van der Waals surface area contributed by atoms with Crippen LogP contribution in [0, 0.1) is 0 Å². The number of amides is 2. The summed E-state index contributed by atoms with van der Waals surface area (Å²) < 4.78 is 5.18. The molecule has 3 N–H and O–H groups in total. The Morgan fingerprint density at radius 1 is 1.10 bits per heavy atom. The van der Waals surface area contributed by atoms with E-state index < -0.39 is 30.4 Å². The standard InChI is InChI=1S/C23H24ClN3O4/c1-2-11-25-21(28)14-31-23(30)20(27-22(29)17-8-3-5-9-18(17)24)12-15-13-26-19-10-6-4-7-16(15)19/h3-10,13,20,26H,2,11-12,14H2,1H3,(H,25,28)(H,27,29). The van der Waals surface area contributed by atoms with Gasteiger partial charge in [-0.2, -0.15) is 0 Å². The lowest BCUT2D eigenvalue weighted by molar-refractivity contribution is -0.150. The minimum atomic E-state index is -0.998. The van der Waals surface area contributed by atoms with Gasteiger partial charge in [0.2, 0.25) is 0 Å². The first-order valence-corrected chi connectivity index (χ1v) is 10.4. The summed E-state index contributed by atoms with van der Waals surface area (Å²) in [5.74, 6) is -1.58. The summed E-state index contributed by atoms with van der Waals surface area (Å²) in [6.45, 7) is 2.01. The summed E-state index contributed by atoms with van der Waals surface area (Å²) >= 11 is 6.12. The molecule has 2 aromatic carbocycles. The molecule has 8 heteroatoms. The number of ether oxygens (including phenoxy) is 1. The zero-order valence-electron chi connectivity index (χ0n) is 17.1. The van der Waals surface area contributed by atoms with Crippen LogP contribution in [0.1, 0.15) is 29.3 Å². The zero-order valence-corrected chi connectivity index (χ0v) is 17.9. The molecule has 2 amide bonds. The number of para-hydroxylation sites is 1. The zero-order chi connectivity index (χ0) is 22.2. The van der Waals surface area contributed by atoms with E-state index in [1.807, 2.05) is 31.2 Å². The average Bonchev–Trinajstić information content (AvgIpc) is 3.18. The second-order valence-electron chi connectivity index (χ2n) is 7.03.